The molecule has 0 bridgehead atoms. The molecule has 22 heavy (non-hydrogen) atoms. The number of hydrogen-bond acceptors (Lipinski definition) is 7. The van der Waals surface area contributed by atoms with Crippen molar-refractivity contribution in [3.8, 4) is 17.2 Å². The number of esters is 1. The van der Waals surface area contributed by atoms with Crippen LogP contribution in [0, 0.1) is 6.92 Å². The first kappa shape index (κ1) is 15.1. The van der Waals surface area contributed by atoms with Crippen molar-refractivity contribution in [3.05, 3.63) is 34.0 Å². The van der Waals surface area contributed by atoms with Crippen LogP contribution in [0.5, 0.6) is 17.2 Å². The second-order valence-corrected chi connectivity index (χ2v) is 7.86. The lowest BCUT2D eigenvalue weighted by Crippen LogP contribution is -2.10. The Morgan fingerprint density at radius 3 is 2.68 bits per heavy atom. The molecule has 0 N–H and O–H groups in total. The third-order valence-electron chi connectivity index (χ3n) is 2.95. The van der Waals surface area contributed by atoms with Gasteiger partial charge < -0.3 is 14.2 Å². The monoisotopic (exact) mass is 360 g/mol. The van der Waals surface area contributed by atoms with Crippen molar-refractivity contribution in [2.75, 3.05) is 6.79 Å². The van der Waals surface area contributed by atoms with Gasteiger partial charge in [0.2, 0.25) is 6.79 Å². The van der Waals surface area contributed by atoms with Crippen LogP contribution in [0.25, 0.3) is 0 Å². The molecule has 0 fully saturated rings. The molecule has 0 unspecified atom stereocenters. The summed E-state index contributed by atoms with van der Waals surface area (Å²) in [5.41, 5.74) is 0.657. The Balaban J connectivity index is 1.91. The number of fused-ring (bicyclic) bond motifs is 1. The summed E-state index contributed by atoms with van der Waals surface area (Å²) in [5.74, 6) is 0.499. The van der Waals surface area contributed by atoms with Crippen LogP contribution in [0.2, 0.25) is 0 Å². The first-order valence-corrected chi connectivity index (χ1v) is 9.20. The number of carbonyl (C=O) groups excluding carboxylic acids is 1. The second kappa shape index (κ2) is 5.45. The van der Waals surface area contributed by atoms with Crippen LogP contribution in [-0.2, 0) is 9.05 Å². The highest BCUT2D eigenvalue weighted by Crippen LogP contribution is 2.38. The molecular formula is C13H9ClO6S2. The third-order valence-corrected chi connectivity index (χ3v) is 5.34. The van der Waals surface area contributed by atoms with Crippen LogP contribution < -0.4 is 14.2 Å². The highest BCUT2D eigenvalue weighted by molar-refractivity contribution is 8.13. The van der Waals surface area contributed by atoms with Crippen LogP contribution in [0.3, 0.4) is 0 Å². The molecule has 6 nitrogen and oxygen atoms in total. The lowest BCUT2D eigenvalue weighted by molar-refractivity contribution is 0.0735. The van der Waals surface area contributed by atoms with Crippen LogP contribution in [-0.4, -0.2) is 21.2 Å². The summed E-state index contributed by atoms with van der Waals surface area (Å²) >= 11 is 0.941. The first-order valence-electron chi connectivity index (χ1n) is 6.01. The number of rotatable bonds is 3. The van der Waals surface area contributed by atoms with Gasteiger partial charge in [-0.1, -0.05) is 0 Å². The minimum atomic E-state index is -4.01. The second-order valence-electron chi connectivity index (χ2n) is 4.41. The molecule has 0 amide bonds. The van der Waals surface area contributed by atoms with Crippen molar-refractivity contribution in [3.63, 3.8) is 0 Å². The molecule has 1 aliphatic heterocycles. The number of ether oxygens (including phenoxy) is 3. The minimum absolute atomic E-state index is 0.0768. The van der Waals surface area contributed by atoms with Crippen molar-refractivity contribution in [2.24, 2.45) is 0 Å². The highest BCUT2D eigenvalue weighted by atomic mass is 35.7. The van der Waals surface area contributed by atoms with Crippen LogP contribution in [0.1, 0.15) is 15.2 Å². The maximum Gasteiger partial charge on any atom is 0.355 e. The van der Waals surface area contributed by atoms with Gasteiger partial charge in [0, 0.05) is 16.7 Å². The highest BCUT2D eigenvalue weighted by Gasteiger charge is 2.25. The van der Waals surface area contributed by atoms with Gasteiger partial charge >= 0.3 is 5.97 Å². The molecule has 116 valence electrons. The van der Waals surface area contributed by atoms with Gasteiger partial charge in [0.1, 0.15) is 15.5 Å². The summed E-state index contributed by atoms with van der Waals surface area (Å²) in [7, 11) is 1.28. The van der Waals surface area contributed by atoms with Gasteiger partial charge in [-0.25, -0.2) is 13.2 Å². The molecule has 0 saturated heterocycles. The summed E-state index contributed by atoms with van der Waals surface area (Å²) in [6.45, 7) is 1.84. The Morgan fingerprint density at radius 2 is 2.00 bits per heavy atom. The summed E-state index contributed by atoms with van der Waals surface area (Å²) < 4.78 is 38.5. The van der Waals surface area contributed by atoms with E-state index in [1.54, 1.807) is 13.0 Å². The largest absolute Gasteiger partial charge is 0.454 e. The van der Waals surface area contributed by atoms with Crippen molar-refractivity contribution < 1.29 is 27.4 Å². The zero-order valence-electron chi connectivity index (χ0n) is 11.2. The van der Waals surface area contributed by atoms with Gasteiger partial charge in [-0.15, -0.1) is 11.3 Å². The number of aryl methyl sites for hydroxylation is 1. The Hall–Kier alpha value is -1.77. The molecular weight excluding hydrogens is 352 g/mol. The number of halogens is 1. The Labute approximate surface area is 134 Å². The van der Waals surface area contributed by atoms with E-state index in [1.165, 1.54) is 17.5 Å². The molecule has 0 saturated carbocycles. The van der Waals surface area contributed by atoms with Gasteiger partial charge in [0.25, 0.3) is 9.05 Å². The fraction of sp³-hybridized carbons (Fsp3) is 0.154. The van der Waals surface area contributed by atoms with Gasteiger partial charge in [-0.2, -0.15) is 0 Å². The summed E-state index contributed by atoms with van der Waals surface area (Å²) in [5, 5.41) is 1.46. The summed E-state index contributed by atoms with van der Waals surface area (Å²) in [6.07, 6.45) is 0. The third kappa shape index (κ3) is 2.77. The maximum atomic E-state index is 12.2. The van der Waals surface area contributed by atoms with Crippen LogP contribution in [0.4, 0.5) is 0 Å². The first-order chi connectivity index (χ1) is 10.4. The van der Waals surface area contributed by atoms with E-state index in [4.69, 9.17) is 24.9 Å². The van der Waals surface area contributed by atoms with E-state index in [2.05, 4.69) is 0 Å². The molecule has 2 aromatic rings. The van der Waals surface area contributed by atoms with Crippen molar-refractivity contribution in [1.29, 1.82) is 0 Å². The SMILES string of the molecule is Cc1cc2c(cc1OC(=O)c1sccc1S(=O)(=O)Cl)OCO2. The lowest BCUT2D eigenvalue weighted by atomic mass is 10.2. The Bertz CT molecular complexity index is 855. The minimum Gasteiger partial charge on any atom is -0.454 e. The van der Waals surface area contributed by atoms with E-state index >= 15 is 0 Å². The smallest absolute Gasteiger partial charge is 0.355 e. The zero-order chi connectivity index (χ0) is 15.9. The fourth-order valence-corrected chi connectivity index (χ4v) is 4.20. The predicted octanol–water partition coefficient (Wildman–Crippen LogP) is 2.93. The number of carbonyl (C=O) groups is 1. The van der Waals surface area contributed by atoms with Crippen molar-refractivity contribution in [2.45, 2.75) is 11.8 Å². The topological polar surface area (TPSA) is 78.9 Å². The molecule has 1 aromatic carbocycles. The van der Waals surface area contributed by atoms with Crippen LogP contribution in [0.15, 0.2) is 28.5 Å². The Kier molecular flexibility index (Phi) is 3.75. The average molecular weight is 361 g/mol. The quantitative estimate of drug-likeness (QED) is 0.475. The average Bonchev–Trinajstić information content (AvgIpc) is 3.05. The molecule has 0 aliphatic carbocycles. The number of hydrogen-bond donors (Lipinski definition) is 0. The number of benzene rings is 1. The summed E-state index contributed by atoms with van der Waals surface area (Å²) in [4.78, 5) is 11.8. The number of thiophene rings is 1. The fourth-order valence-electron chi connectivity index (χ4n) is 1.92. The van der Waals surface area contributed by atoms with Gasteiger partial charge in [-0.05, 0) is 30.0 Å². The van der Waals surface area contributed by atoms with E-state index in [0.717, 1.165) is 11.3 Å². The predicted molar refractivity (Wildman–Crippen MR) is 79.6 cm³/mol. The summed E-state index contributed by atoms with van der Waals surface area (Å²) in [6, 6.07) is 4.46. The van der Waals surface area contributed by atoms with Crippen LogP contribution >= 0.6 is 22.0 Å². The van der Waals surface area contributed by atoms with Gasteiger partial charge in [-0.3, -0.25) is 0 Å². The molecule has 2 heterocycles. The lowest BCUT2D eigenvalue weighted by Gasteiger charge is -2.08. The molecule has 3 rings (SSSR count). The van der Waals surface area contributed by atoms with E-state index in [1.807, 2.05) is 0 Å². The van der Waals surface area contributed by atoms with E-state index < -0.39 is 15.0 Å². The van der Waals surface area contributed by atoms with E-state index in [-0.39, 0.29) is 22.3 Å². The molecule has 0 atom stereocenters. The van der Waals surface area contributed by atoms with Gasteiger partial charge in [0.15, 0.2) is 11.5 Å². The van der Waals surface area contributed by atoms with E-state index in [9.17, 15) is 13.2 Å². The van der Waals surface area contributed by atoms with Crippen molar-refractivity contribution in [1.82, 2.24) is 0 Å². The maximum absolute atomic E-state index is 12.2. The molecule has 1 aromatic heterocycles. The Morgan fingerprint density at radius 1 is 1.32 bits per heavy atom. The molecule has 0 spiro atoms. The molecule has 1 aliphatic rings. The molecule has 0 radical (unpaired) electrons. The zero-order valence-corrected chi connectivity index (χ0v) is 13.5. The van der Waals surface area contributed by atoms with Crippen molar-refractivity contribution >= 4 is 37.0 Å². The standard InChI is InChI=1S/C13H9ClO6S2/c1-7-4-9-10(19-6-18-9)5-8(7)20-13(15)12-11(2-3-21-12)22(14,16)17/h2-5H,6H2,1H3. The van der Waals surface area contributed by atoms with Gasteiger partial charge in [0.05, 0.1) is 0 Å². The normalized spacial score (nSPS) is 13.2. The van der Waals surface area contributed by atoms with E-state index in [0.29, 0.717) is 17.1 Å². The molecule has 9 heteroatoms.